The van der Waals surface area contributed by atoms with Gasteiger partial charge in [-0.15, -0.1) is 0 Å². The van der Waals surface area contributed by atoms with Gasteiger partial charge in [-0.25, -0.2) is 0 Å². The number of nitrogens with zero attached hydrogens (tertiary/aromatic N) is 1. The molecule has 1 aromatic rings. The van der Waals surface area contributed by atoms with Crippen molar-refractivity contribution in [2.45, 2.75) is 13.0 Å². The van der Waals surface area contributed by atoms with Crippen LogP contribution in [0, 0.1) is 5.41 Å². The fourth-order valence-corrected chi connectivity index (χ4v) is 1.78. The Bertz CT molecular complexity index is 414. The highest BCUT2D eigenvalue weighted by molar-refractivity contribution is 6.00. The summed E-state index contributed by atoms with van der Waals surface area (Å²) in [6.07, 6.45) is 0.302. The highest BCUT2D eigenvalue weighted by Gasteiger charge is 2.23. The first-order chi connectivity index (χ1) is 7.18. The molecule has 0 bridgehead atoms. The Balaban J connectivity index is 2.10. The van der Waals surface area contributed by atoms with Crippen LogP contribution in [-0.2, 0) is 11.3 Å². The number of carbonyl (C=O) groups excluding carboxylic acids is 1. The lowest BCUT2D eigenvalue weighted by Gasteiger charge is -2.16. The molecule has 3 N–H and O–H groups in total. The maximum absolute atomic E-state index is 10.7. The monoisotopic (exact) mass is 203 g/mol. The van der Waals surface area contributed by atoms with E-state index < -0.39 is 0 Å². The summed E-state index contributed by atoms with van der Waals surface area (Å²) in [7, 11) is 0. The molecule has 4 heteroatoms. The van der Waals surface area contributed by atoms with Crippen LogP contribution in [-0.4, -0.2) is 23.2 Å². The third-order valence-corrected chi connectivity index (χ3v) is 2.58. The minimum absolute atomic E-state index is 0.302. The highest BCUT2D eigenvalue weighted by atomic mass is 16.1. The number of benzene rings is 1. The minimum Gasteiger partial charge on any atom is -0.370 e. The Morgan fingerprint density at radius 1 is 1.47 bits per heavy atom. The molecule has 0 saturated carbocycles. The fourth-order valence-electron chi connectivity index (χ4n) is 1.78. The summed E-state index contributed by atoms with van der Waals surface area (Å²) in [5.41, 5.74) is 7.19. The number of rotatable bonds is 3. The van der Waals surface area contributed by atoms with Gasteiger partial charge < -0.3 is 10.6 Å². The van der Waals surface area contributed by atoms with Gasteiger partial charge in [0.2, 0.25) is 5.91 Å². The fraction of sp³-hybridized carbons (Fsp3) is 0.273. The molecule has 0 unspecified atom stereocenters. The Morgan fingerprint density at radius 3 is 2.87 bits per heavy atom. The van der Waals surface area contributed by atoms with Gasteiger partial charge in [0.1, 0.15) is 5.84 Å². The van der Waals surface area contributed by atoms with E-state index in [1.807, 2.05) is 29.2 Å². The van der Waals surface area contributed by atoms with Gasteiger partial charge in [0, 0.05) is 25.1 Å². The third-order valence-electron chi connectivity index (χ3n) is 2.58. The first-order valence-electron chi connectivity index (χ1n) is 4.88. The quantitative estimate of drug-likeness (QED) is 0.759. The molecule has 0 saturated heterocycles. The standard InChI is InChI=1S/C11H13N3O/c12-10(15)5-6-14-7-8-3-1-2-4-9(8)11(14)13/h1-4,13H,5-7H2,(H2,12,15). The molecular weight excluding hydrogens is 190 g/mol. The second-order valence-electron chi connectivity index (χ2n) is 3.64. The molecule has 0 aliphatic carbocycles. The summed E-state index contributed by atoms with van der Waals surface area (Å²) in [6, 6.07) is 7.82. The molecule has 15 heavy (non-hydrogen) atoms. The van der Waals surface area contributed by atoms with Gasteiger partial charge in [-0.1, -0.05) is 24.3 Å². The minimum atomic E-state index is -0.321. The molecule has 1 aliphatic rings. The maximum atomic E-state index is 10.7. The van der Waals surface area contributed by atoms with Crippen molar-refractivity contribution >= 4 is 11.7 Å². The van der Waals surface area contributed by atoms with Crippen LogP contribution in [0.4, 0.5) is 0 Å². The van der Waals surface area contributed by atoms with Crippen LogP contribution in [0.15, 0.2) is 24.3 Å². The third kappa shape index (κ3) is 1.83. The number of hydrogen-bond donors (Lipinski definition) is 2. The van der Waals surface area contributed by atoms with Crippen LogP contribution in [0.3, 0.4) is 0 Å². The predicted octanol–water partition coefficient (Wildman–Crippen LogP) is 0.703. The average Bonchev–Trinajstić information content (AvgIpc) is 2.54. The number of amides is 1. The zero-order chi connectivity index (χ0) is 10.8. The van der Waals surface area contributed by atoms with Crippen molar-refractivity contribution < 1.29 is 4.79 Å². The lowest BCUT2D eigenvalue weighted by molar-refractivity contribution is -0.118. The van der Waals surface area contributed by atoms with Gasteiger partial charge in [0.05, 0.1) is 0 Å². The first-order valence-corrected chi connectivity index (χ1v) is 4.88. The molecule has 0 radical (unpaired) electrons. The molecule has 0 atom stereocenters. The van der Waals surface area contributed by atoms with Crippen LogP contribution < -0.4 is 5.73 Å². The van der Waals surface area contributed by atoms with Gasteiger partial charge in [0.15, 0.2) is 0 Å². The van der Waals surface area contributed by atoms with E-state index in [-0.39, 0.29) is 5.91 Å². The summed E-state index contributed by atoms with van der Waals surface area (Å²) in [5.74, 6) is 0.172. The summed E-state index contributed by atoms with van der Waals surface area (Å²) >= 11 is 0. The van der Waals surface area contributed by atoms with Crippen LogP contribution >= 0.6 is 0 Å². The summed E-state index contributed by atoms with van der Waals surface area (Å²) in [5, 5.41) is 7.91. The molecular formula is C11H13N3O. The van der Waals surface area contributed by atoms with Gasteiger partial charge >= 0.3 is 0 Å². The largest absolute Gasteiger partial charge is 0.370 e. The van der Waals surface area contributed by atoms with Gasteiger partial charge in [-0.3, -0.25) is 10.2 Å². The van der Waals surface area contributed by atoms with E-state index in [9.17, 15) is 4.79 Å². The lowest BCUT2D eigenvalue weighted by Crippen LogP contribution is -2.28. The molecule has 0 spiro atoms. The van der Waals surface area contributed by atoms with E-state index in [4.69, 9.17) is 11.1 Å². The smallest absolute Gasteiger partial charge is 0.219 e. The highest BCUT2D eigenvalue weighted by Crippen LogP contribution is 2.21. The normalized spacial score (nSPS) is 14.1. The van der Waals surface area contributed by atoms with Gasteiger partial charge in [0.25, 0.3) is 0 Å². The van der Waals surface area contributed by atoms with Crippen molar-refractivity contribution in [1.82, 2.24) is 4.90 Å². The zero-order valence-corrected chi connectivity index (χ0v) is 8.36. The zero-order valence-electron chi connectivity index (χ0n) is 8.36. The maximum Gasteiger partial charge on any atom is 0.219 e. The van der Waals surface area contributed by atoms with E-state index >= 15 is 0 Å². The van der Waals surface area contributed by atoms with Crippen molar-refractivity contribution in [3.63, 3.8) is 0 Å². The van der Waals surface area contributed by atoms with Crippen LogP contribution in [0.1, 0.15) is 17.5 Å². The van der Waals surface area contributed by atoms with E-state index in [1.54, 1.807) is 0 Å². The average molecular weight is 203 g/mol. The lowest BCUT2D eigenvalue weighted by atomic mass is 10.1. The molecule has 1 heterocycles. The Hall–Kier alpha value is -1.84. The molecule has 1 amide bonds. The van der Waals surface area contributed by atoms with Crippen LogP contribution in [0.2, 0.25) is 0 Å². The molecule has 78 valence electrons. The number of hydrogen-bond acceptors (Lipinski definition) is 2. The van der Waals surface area contributed by atoms with Crippen molar-refractivity contribution in [3.05, 3.63) is 35.4 Å². The molecule has 2 rings (SSSR count). The predicted molar refractivity (Wildman–Crippen MR) is 57.5 cm³/mol. The van der Waals surface area contributed by atoms with Gasteiger partial charge in [-0.2, -0.15) is 0 Å². The molecule has 0 aromatic heterocycles. The van der Waals surface area contributed by atoms with Crippen LogP contribution in [0.25, 0.3) is 0 Å². The molecule has 1 aromatic carbocycles. The topological polar surface area (TPSA) is 70.2 Å². The SMILES string of the molecule is N=C1c2ccccc2CN1CCC(N)=O. The number of nitrogens with two attached hydrogens (primary N) is 1. The first kappa shape index (κ1) is 9.71. The number of primary amides is 1. The second kappa shape index (κ2) is 3.73. The number of amidine groups is 1. The van der Waals surface area contributed by atoms with Gasteiger partial charge in [-0.05, 0) is 5.56 Å². The number of nitrogens with one attached hydrogen (secondary N) is 1. The number of fused-ring (bicyclic) bond motifs is 1. The van der Waals surface area contributed by atoms with Crippen molar-refractivity contribution in [2.75, 3.05) is 6.54 Å². The summed E-state index contributed by atoms with van der Waals surface area (Å²) < 4.78 is 0. The second-order valence-corrected chi connectivity index (χ2v) is 3.64. The number of carbonyl (C=O) groups is 1. The van der Waals surface area contributed by atoms with E-state index in [0.717, 1.165) is 11.1 Å². The Labute approximate surface area is 88.2 Å². The van der Waals surface area contributed by atoms with Crippen molar-refractivity contribution in [2.24, 2.45) is 5.73 Å². The van der Waals surface area contributed by atoms with E-state index in [1.165, 1.54) is 0 Å². The Morgan fingerprint density at radius 2 is 2.20 bits per heavy atom. The molecule has 4 nitrogen and oxygen atoms in total. The van der Waals surface area contributed by atoms with Crippen molar-refractivity contribution in [1.29, 1.82) is 5.41 Å². The van der Waals surface area contributed by atoms with E-state index in [0.29, 0.717) is 25.3 Å². The molecule has 0 fully saturated rings. The van der Waals surface area contributed by atoms with E-state index in [2.05, 4.69) is 0 Å². The van der Waals surface area contributed by atoms with Crippen molar-refractivity contribution in [3.8, 4) is 0 Å². The van der Waals surface area contributed by atoms with Crippen LogP contribution in [0.5, 0.6) is 0 Å². The summed E-state index contributed by atoms with van der Waals surface area (Å²) in [4.78, 5) is 12.5. The Kier molecular flexibility index (Phi) is 2.41. The molecule has 1 aliphatic heterocycles. The summed E-state index contributed by atoms with van der Waals surface area (Å²) in [6.45, 7) is 1.24.